The van der Waals surface area contributed by atoms with Crippen molar-refractivity contribution in [3.63, 3.8) is 0 Å². The molecule has 2 unspecified atom stereocenters. The van der Waals surface area contributed by atoms with Crippen molar-refractivity contribution in [1.82, 2.24) is 0 Å². The molecule has 1 aliphatic rings. The van der Waals surface area contributed by atoms with Gasteiger partial charge < -0.3 is 16.2 Å². The van der Waals surface area contributed by atoms with E-state index in [-0.39, 0.29) is 13.0 Å². The fraction of sp³-hybridized carbons (Fsp3) is 0.250. The second-order valence-electron chi connectivity index (χ2n) is 5.39. The maximum Gasteiger partial charge on any atom is 0.278 e. The molecule has 0 amide bonds. The first-order valence-corrected chi connectivity index (χ1v) is 8.85. The van der Waals surface area contributed by atoms with E-state index in [4.69, 9.17) is 16.2 Å². The zero-order valence-electron chi connectivity index (χ0n) is 12.5. The number of fused-ring (bicyclic) bond motifs is 1. The molecule has 122 valence electrons. The Morgan fingerprint density at radius 1 is 1.09 bits per heavy atom. The van der Waals surface area contributed by atoms with Gasteiger partial charge in [-0.2, -0.15) is 0 Å². The summed E-state index contributed by atoms with van der Waals surface area (Å²) in [5, 5.41) is 0. The average Bonchev–Trinajstić information content (AvgIpc) is 2.56. The maximum absolute atomic E-state index is 13.0. The van der Waals surface area contributed by atoms with Gasteiger partial charge in [-0.1, -0.05) is 30.3 Å². The van der Waals surface area contributed by atoms with Crippen LogP contribution in [-0.4, -0.2) is 26.4 Å². The van der Waals surface area contributed by atoms with E-state index in [1.807, 2.05) is 6.07 Å². The van der Waals surface area contributed by atoms with Gasteiger partial charge in [0.1, 0.15) is 5.75 Å². The minimum Gasteiger partial charge on any atom is -0.470 e. The molecule has 1 aliphatic heterocycles. The number of hydrogen-bond donors (Lipinski definition) is 2. The third-order valence-electron chi connectivity index (χ3n) is 3.72. The molecule has 3 rings (SSSR count). The minimum atomic E-state index is -3.76. The van der Waals surface area contributed by atoms with Gasteiger partial charge in [-0.25, -0.2) is 12.7 Å². The van der Waals surface area contributed by atoms with Crippen molar-refractivity contribution in [3.8, 4) is 5.75 Å². The molecular formula is C16H19N3O3S. The molecule has 2 aromatic carbocycles. The van der Waals surface area contributed by atoms with Gasteiger partial charge in [0.05, 0.1) is 11.4 Å². The van der Waals surface area contributed by atoms with Crippen LogP contribution in [0.25, 0.3) is 0 Å². The lowest BCUT2D eigenvalue weighted by molar-refractivity contribution is 0.248. The highest BCUT2D eigenvalue weighted by Crippen LogP contribution is 2.42. The molecule has 2 aromatic rings. The van der Waals surface area contributed by atoms with Crippen LogP contribution in [0.1, 0.15) is 6.42 Å². The highest BCUT2D eigenvalue weighted by Gasteiger charge is 2.41. The van der Waals surface area contributed by atoms with Gasteiger partial charge in [-0.05, 0) is 24.3 Å². The number of rotatable bonds is 4. The van der Waals surface area contributed by atoms with Crippen molar-refractivity contribution < 1.29 is 13.2 Å². The lowest BCUT2D eigenvalue weighted by atomic mass is 10.2. The van der Waals surface area contributed by atoms with Crippen molar-refractivity contribution >= 4 is 21.4 Å². The summed E-state index contributed by atoms with van der Waals surface area (Å²) in [5.41, 5.74) is 11.4. The average molecular weight is 333 g/mol. The van der Waals surface area contributed by atoms with Crippen LogP contribution < -0.4 is 20.5 Å². The Hall–Kier alpha value is -2.09. The summed E-state index contributed by atoms with van der Waals surface area (Å²) in [6.45, 7) is 0.197. The molecule has 6 nitrogen and oxygen atoms in total. The molecule has 0 radical (unpaired) electrons. The zero-order valence-corrected chi connectivity index (χ0v) is 13.3. The van der Waals surface area contributed by atoms with E-state index in [1.54, 1.807) is 48.5 Å². The van der Waals surface area contributed by atoms with Gasteiger partial charge in [0, 0.05) is 19.0 Å². The van der Waals surface area contributed by atoms with Crippen molar-refractivity contribution in [3.05, 3.63) is 54.6 Å². The summed E-state index contributed by atoms with van der Waals surface area (Å²) in [5.74, 6) is 0.514. The summed E-state index contributed by atoms with van der Waals surface area (Å²) >= 11 is 0. The van der Waals surface area contributed by atoms with E-state index in [9.17, 15) is 8.42 Å². The first kappa shape index (κ1) is 15.8. The first-order chi connectivity index (χ1) is 11.0. The molecule has 7 heteroatoms. The number of para-hydroxylation sites is 3. The Morgan fingerprint density at radius 3 is 2.43 bits per heavy atom. The molecule has 23 heavy (non-hydrogen) atoms. The minimum absolute atomic E-state index is 0.135. The summed E-state index contributed by atoms with van der Waals surface area (Å²) in [6, 6.07) is 15.5. The lowest BCUT2D eigenvalue weighted by Crippen LogP contribution is -2.47. The van der Waals surface area contributed by atoms with Crippen LogP contribution in [0.3, 0.4) is 0 Å². The number of ether oxygens (including phenoxy) is 1. The van der Waals surface area contributed by atoms with Crippen molar-refractivity contribution in [1.29, 1.82) is 0 Å². The molecule has 0 saturated carbocycles. The molecule has 1 heterocycles. The van der Waals surface area contributed by atoms with Crippen molar-refractivity contribution in [2.75, 3.05) is 10.8 Å². The van der Waals surface area contributed by atoms with E-state index in [1.165, 1.54) is 4.31 Å². The first-order valence-electron chi connectivity index (χ1n) is 7.34. The monoisotopic (exact) mass is 333 g/mol. The largest absolute Gasteiger partial charge is 0.470 e. The van der Waals surface area contributed by atoms with Crippen LogP contribution in [0.15, 0.2) is 54.6 Å². The maximum atomic E-state index is 13.0. The fourth-order valence-electron chi connectivity index (χ4n) is 2.54. The highest BCUT2D eigenvalue weighted by molar-refractivity contribution is 7.93. The van der Waals surface area contributed by atoms with Gasteiger partial charge in [-0.15, -0.1) is 0 Å². The van der Waals surface area contributed by atoms with Gasteiger partial charge in [0.2, 0.25) is 5.44 Å². The van der Waals surface area contributed by atoms with E-state index >= 15 is 0 Å². The third kappa shape index (κ3) is 2.90. The van der Waals surface area contributed by atoms with E-state index in [0.717, 1.165) is 0 Å². The van der Waals surface area contributed by atoms with Crippen LogP contribution in [0, 0.1) is 0 Å². The number of nitrogens with zero attached hydrogens (tertiary/aromatic N) is 1. The SMILES string of the molecule is NCC(N)CC1Oc2ccccc2N(c2ccccc2)S1(=O)=O. The molecule has 2 atom stereocenters. The molecule has 0 saturated heterocycles. The second-order valence-corrected chi connectivity index (χ2v) is 7.31. The number of sulfonamides is 1. The van der Waals surface area contributed by atoms with Crippen LogP contribution in [-0.2, 0) is 10.0 Å². The van der Waals surface area contributed by atoms with Gasteiger partial charge >= 0.3 is 0 Å². The Morgan fingerprint density at radius 2 is 1.74 bits per heavy atom. The summed E-state index contributed by atoms with van der Waals surface area (Å²) < 4.78 is 33.1. The van der Waals surface area contributed by atoms with Crippen LogP contribution in [0.4, 0.5) is 11.4 Å². The predicted molar refractivity (Wildman–Crippen MR) is 90.0 cm³/mol. The summed E-state index contributed by atoms with van der Waals surface area (Å²) in [6.07, 6.45) is 0.135. The topological polar surface area (TPSA) is 98.6 Å². The molecule has 0 spiro atoms. The molecular weight excluding hydrogens is 314 g/mol. The molecule has 0 fully saturated rings. The Kier molecular flexibility index (Phi) is 4.25. The molecule has 0 aromatic heterocycles. The number of hydrogen-bond acceptors (Lipinski definition) is 5. The number of nitrogens with two attached hydrogens (primary N) is 2. The van der Waals surface area contributed by atoms with E-state index in [2.05, 4.69) is 0 Å². The number of benzene rings is 2. The van der Waals surface area contributed by atoms with Crippen molar-refractivity contribution in [2.45, 2.75) is 17.9 Å². The zero-order chi connectivity index (χ0) is 16.4. The smallest absolute Gasteiger partial charge is 0.278 e. The lowest BCUT2D eigenvalue weighted by Gasteiger charge is -2.36. The quantitative estimate of drug-likeness (QED) is 0.884. The van der Waals surface area contributed by atoms with E-state index < -0.39 is 21.5 Å². The van der Waals surface area contributed by atoms with Crippen LogP contribution >= 0.6 is 0 Å². The Balaban J connectivity index is 2.11. The molecule has 4 N–H and O–H groups in total. The fourth-order valence-corrected chi connectivity index (χ4v) is 4.34. The van der Waals surface area contributed by atoms with Crippen molar-refractivity contribution in [2.24, 2.45) is 11.5 Å². The standard InChI is InChI=1S/C16H19N3O3S/c17-11-12(18)10-16-22-15-9-5-4-8-14(15)19(23(16,20)21)13-6-2-1-3-7-13/h1-9,12,16H,10-11,17-18H2. The second kappa shape index (κ2) is 6.19. The van der Waals surface area contributed by atoms with Crippen LogP contribution in [0.5, 0.6) is 5.75 Å². The van der Waals surface area contributed by atoms with Gasteiger partial charge in [0.25, 0.3) is 10.0 Å². The highest BCUT2D eigenvalue weighted by atomic mass is 32.2. The summed E-state index contributed by atoms with van der Waals surface area (Å²) in [4.78, 5) is 0. The number of anilines is 2. The Labute approximate surface area is 135 Å². The third-order valence-corrected chi connectivity index (χ3v) is 5.59. The van der Waals surface area contributed by atoms with E-state index in [0.29, 0.717) is 17.1 Å². The van der Waals surface area contributed by atoms with Gasteiger partial charge in [0.15, 0.2) is 0 Å². The normalized spacial score (nSPS) is 20.4. The molecule has 0 aliphatic carbocycles. The van der Waals surface area contributed by atoms with Gasteiger partial charge in [-0.3, -0.25) is 0 Å². The molecule has 0 bridgehead atoms. The van der Waals surface area contributed by atoms with Crippen LogP contribution in [0.2, 0.25) is 0 Å². The predicted octanol–water partition coefficient (Wildman–Crippen LogP) is 1.55. The Bertz CT molecular complexity index is 780. The summed E-state index contributed by atoms with van der Waals surface area (Å²) in [7, 11) is -3.76.